The van der Waals surface area contributed by atoms with Crippen LogP contribution in [0.4, 0.5) is 11.5 Å². The van der Waals surface area contributed by atoms with Crippen molar-refractivity contribution in [2.75, 3.05) is 23.3 Å². The zero-order valence-corrected chi connectivity index (χ0v) is 13.9. The van der Waals surface area contributed by atoms with Crippen molar-refractivity contribution in [3.8, 4) is 0 Å². The number of piperidine rings is 1. The molecule has 0 bridgehead atoms. The minimum absolute atomic E-state index is 0.806. The van der Waals surface area contributed by atoms with E-state index < -0.39 is 0 Å². The number of aromatic nitrogens is 2. The Balaban J connectivity index is 1.49. The number of nitrogens with zero attached hydrogens (tertiary/aromatic N) is 3. The fraction of sp³-hybridized carbons (Fsp3) is 0.333. The van der Waals surface area contributed by atoms with Gasteiger partial charge in [0.25, 0.3) is 0 Å². The van der Waals surface area contributed by atoms with Crippen molar-refractivity contribution in [1.82, 2.24) is 9.97 Å². The van der Waals surface area contributed by atoms with Gasteiger partial charge in [-0.15, -0.1) is 11.3 Å². The summed E-state index contributed by atoms with van der Waals surface area (Å²) in [5.41, 5.74) is 3.48. The maximum atomic E-state index is 4.55. The lowest BCUT2D eigenvalue weighted by molar-refractivity contribution is 0.573. The van der Waals surface area contributed by atoms with Crippen LogP contribution in [0, 0.1) is 0 Å². The highest BCUT2D eigenvalue weighted by atomic mass is 32.1. The average Bonchev–Trinajstić information content (AvgIpc) is 3.10. The van der Waals surface area contributed by atoms with Crippen LogP contribution in [0.5, 0.6) is 0 Å². The summed E-state index contributed by atoms with van der Waals surface area (Å²) in [4.78, 5) is 11.3. The van der Waals surface area contributed by atoms with Gasteiger partial charge < -0.3 is 10.2 Å². The molecule has 0 atom stereocenters. The molecule has 4 nitrogen and oxygen atoms in total. The number of hydrogen-bond donors (Lipinski definition) is 1. The van der Waals surface area contributed by atoms with Gasteiger partial charge in [0.1, 0.15) is 5.82 Å². The Bertz CT molecular complexity index is 792. The first kappa shape index (κ1) is 14.5. The first-order valence-electron chi connectivity index (χ1n) is 8.16. The summed E-state index contributed by atoms with van der Waals surface area (Å²) >= 11 is 1.73. The smallest absolute Gasteiger partial charge is 0.128 e. The molecule has 0 unspecified atom stereocenters. The van der Waals surface area contributed by atoms with Crippen molar-refractivity contribution in [3.63, 3.8) is 0 Å². The number of rotatable bonds is 4. The van der Waals surface area contributed by atoms with Gasteiger partial charge in [-0.3, -0.25) is 4.98 Å². The van der Waals surface area contributed by atoms with Gasteiger partial charge in [0.05, 0.1) is 15.9 Å². The number of pyridine rings is 2. The summed E-state index contributed by atoms with van der Waals surface area (Å²) in [6, 6.07) is 8.41. The maximum absolute atomic E-state index is 4.55. The van der Waals surface area contributed by atoms with E-state index in [0.717, 1.165) is 36.7 Å². The molecular formula is C18H20N4S. The van der Waals surface area contributed by atoms with E-state index in [1.165, 1.54) is 29.5 Å². The van der Waals surface area contributed by atoms with Crippen LogP contribution in [-0.2, 0) is 6.54 Å². The minimum atomic E-state index is 0.806. The van der Waals surface area contributed by atoms with Gasteiger partial charge in [-0.2, -0.15) is 0 Å². The largest absolute Gasteiger partial charge is 0.380 e. The molecule has 4 rings (SSSR count). The predicted octanol–water partition coefficient (Wildman–Crippen LogP) is 4.29. The monoisotopic (exact) mass is 324 g/mol. The van der Waals surface area contributed by atoms with Gasteiger partial charge in [-0.05, 0) is 54.5 Å². The molecule has 3 aromatic rings. The number of thiophene rings is 1. The van der Waals surface area contributed by atoms with E-state index in [4.69, 9.17) is 0 Å². The summed E-state index contributed by atoms with van der Waals surface area (Å²) in [6.07, 6.45) is 7.68. The summed E-state index contributed by atoms with van der Waals surface area (Å²) in [7, 11) is 0. The molecule has 1 N–H and O–H groups in total. The van der Waals surface area contributed by atoms with Crippen molar-refractivity contribution in [2.45, 2.75) is 25.8 Å². The summed E-state index contributed by atoms with van der Waals surface area (Å²) in [5.74, 6) is 1.11. The van der Waals surface area contributed by atoms with Gasteiger partial charge >= 0.3 is 0 Å². The van der Waals surface area contributed by atoms with Crippen LogP contribution in [0.15, 0.2) is 42.0 Å². The van der Waals surface area contributed by atoms with E-state index in [0.29, 0.717) is 0 Å². The molecule has 1 aliphatic rings. The molecule has 5 heteroatoms. The topological polar surface area (TPSA) is 41.1 Å². The van der Waals surface area contributed by atoms with Crippen LogP contribution in [0.3, 0.4) is 0 Å². The highest BCUT2D eigenvalue weighted by molar-refractivity contribution is 7.17. The van der Waals surface area contributed by atoms with Crippen LogP contribution in [0.1, 0.15) is 24.8 Å². The Hall–Kier alpha value is -2.14. The zero-order chi connectivity index (χ0) is 15.5. The number of nitrogens with one attached hydrogen (secondary N) is 1. The molecule has 118 valence electrons. The van der Waals surface area contributed by atoms with Gasteiger partial charge in [0, 0.05) is 32.0 Å². The first-order chi connectivity index (χ1) is 11.4. The molecule has 0 radical (unpaired) electrons. The van der Waals surface area contributed by atoms with E-state index in [1.807, 2.05) is 18.5 Å². The van der Waals surface area contributed by atoms with Crippen LogP contribution in [-0.4, -0.2) is 23.1 Å². The van der Waals surface area contributed by atoms with Crippen molar-refractivity contribution < 1.29 is 0 Å². The Morgan fingerprint density at radius 2 is 1.91 bits per heavy atom. The molecule has 3 aromatic heterocycles. The molecule has 0 amide bonds. The van der Waals surface area contributed by atoms with Gasteiger partial charge in [-0.1, -0.05) is 0 Å². The third-order valence-corrected chi connectivity index (χ3v) is 5.25. The van der Waals surface area contributed by atoms with E-state index in [-0.39, 0.29) is 0 Å². The van der Waals surface area contributed by atoms with Gasteiger partial charge in [0.15, 0.2) is 0 Å². The second-order valence-corrected chi connectivity index (χ2v) is 6.83. The summed E-state index contributed by atoms with van der Waals surface area (Å²) in [5, 5.41) is 5.63. The lowest BCUT2D eigenvalue weighted by Gasteiger charge is -2.28. The lowest BCUT2D eigenvalue weighted by Crippen LogP contribution is -2.30. The third-order valence-electron chi connectivity index (χ3n) is 4.32. The Morgan fingerprint density at radius 3 is 2.83 bits per heavy atom. The molecule has 1 saturated heterocycles. The zero-order valence-electron chi connectivity index (χ0n) is 13.0. The predicted molar refractivity (Wildman–Crippen MR) is 97.2 cm³/mol. The average molecular weight is 324 g/mol. The van der Waals surface area contributed by atoms with Crippen molar-refractivity contribution in [2.24, 2.45) is 0 Å². The highest BCUT2D eigenvalue weighted by Gasteiger charge is 2.12. The molecule has 0 aromatic carbocycles. The van der Waals surface area contributed by atoms with E-state index in [9.17, 15) is 0 Å². The van der Waals surface area contributed by atoms with Crippen molar-refractivity contribution in [1.29, 1.82) is 0 Å². The van der Waals surface area contributed by atoms with E-state index in [1.54, 1.807) is 11.3 Å². The Morgan fingerprint density at radius 1 is 1.04 bits per heavy atom. The Labute approximate surface area is 140 Å². The Kier molecular flexibility index (Phi) is 4.11. The van der Waals surface area contributed by atoms with Crippen LogP contribution < -0.4 is 10.2 Å². The summed E-state index contributed by atoms with van der Waals surface area (Å²) < 4.78 is 1.22. The highest BCUT2D eigenvalue weighted by Crippen LogP contribution is 2.27. The van der Waals surface area contributed by atoms with E-state index in [2.05, 4.69) is 43.8 Å². The first-order valence-corrected chi connectivity index (χ1v) is 9.04. The SMILES string of the molecule is c1cc(CNc2ccnc3ccsc23)cc(N2CCCCC2)n1. The normalized spacial score (nSPS) is 15.0. The fourth-order valence-electron chi connectivity index (χ4n) is 3.08. The number of anilines is 2. The van der Waals surface area contributed by atoms with Crippen LogP contribution in [0.2, 0.25) is 0 Å². The van der Waals surface area contributed by atoms with Crippen molar-refractivity contribution in [3.05, 3.63) is 47.6 Å². The third kappa shape index (κ3) is 3.15. The molecule has 4 heterocycles. The number of fused-ring (bicyclic) bond motifs is 1. The van der Waals surface area contributed by atoms with Crippen LogP contribution >= 0.6 is 11.3 Å². The molecule has 0 saturated carbocycles. The number of hydrogen-bond acceptors (Lipinski definition) is 5. The summed E-state index contributed by atoms with van der Waals surface area (Å²) in [6.45, 7) is 3.06. The molecule has 23 heavy (non-hydrogen) atoms. The standard InChI is InChI=1S/C18H20N4S/c1-2-9-22(10-3-1)17-12-14(4-7-20-17)13-21-15-5-8-19-16-6-11-23-18(15)16/h4-8,11-12H,1-3,9-10,13H2,(H,19,21). The molecule has 1 fully saturated rings. The molecule has 0 aliphatic carbocycles. The van der Waals surface area contributed by atoms with Crippen LogP contribution in [0.25, 0.3) is 10.2 Å². The fourth-order valence-corrected chi connectivity index (χ4v) is 3.92. The molecule has 0 spiro atoms. The van der Waals surface area contributed by atoms with E-state index >= 15 is 0 Å². The molecular weight excluding hydrogens is 304 g/mol. The maximum Gasteiger partial charge on any atom is 0.128 e. The van der Waals surface area contributed by atoms with Crippen molar-refractivity contribution >= 4 is 33.1 Å². The van der Waals surface area contributed by atoms with Gasteiger partial charge in [0.2, 0.25) is 0 Å². The lowest BCUT2D eigenvalue weighted by atomic mass is 10.1. The quantitative estimate of drug-likeness (QED) is 0.777. The molecule has 1 aliphatic heterocycles. The second-order valence-electron chi connectivity index (χ2n) is 5.92. The second kappa shape index (κ2) is 6.54. The minimum Gasteiger partial charge on any atom is -0.380 e. The van der Waals surface area contributed by atoms with Gasteiger partial charge in [-0.25, -0.2) is 4.98 Å².